The molecule has 0 atom stereocenters. The Morgan fingerprint density at radius 1 is 1.62 bits per heavy atom. The first-order chi connectivity index (χ1) is 6.06. The number of pyridine rings is 1. The molecule has 0 amide bonds. The summed E-state index contributed by atoms with van der Waals surface area (Å²) in [5.74, 6) is 0.209. The van der Waals surface area contributed by atoms with Crippen LogP contribution in [0.15, 0.2) is 10.5 Å². The molecule has 68 valence electrons. The second kappa shape index (κ2) is 4.08. The molecule has 0 saturated carbocycles. The molecule has 0 aromatic carbocycles. The highest BCUT2D eigenvalue weighted by Crippen LogP contribution is 2.26. The quantitative estimate of drug-likeness (QED) is 0.724. The largest absolute Gasteiger partial charge is 0.238 e. The molecule has 4 heteroatoms. The van der Waals surface area contributed by atoms with Gasteiger partial charge in [0.05, 0.1) is 15.7 Å². The van der Waals surface area contributed by atoms with Crippen LogP contribution in [0.1, 0.15) is 31.0 Å². The summed E-state index contributed by atoms with van der Waals surface area (Å²) in [6.45, 7) is 3.96. The Labute approximate surface area is 90.7 Å². The Kier molecular flexibility index (Phi) is 3.29. The van der Waals surface area contributed by atoms with Gasteiger partial charge < -0.3 is 0 Å². The van der Waals surface area contributed by atoms with Gasteiger partial charge in [0.25, 0.3) is 0 Å². The number of nitrogens with zero attached hydrogens (tertiary/aromatic N) is 2. The average molecular weight is 260 g/mol. The van der Waals surface area contributed by atoms with Gasteiger partial charge in [-0.2, -0.15) is 5.26 Å². The molecule has 1 aromatic heterocycles. The lowest BCUT2D eigenvalue weighted by Gasteiger charge is -2.07. The molecule has 0 N–H and O–H groups in total. The molecule has 0 spiro atoms. The maximum absolute atomic E-state index is 8.83. The Hall–Kier alpha value is -0.590. The van der Waals surface area contributed by atoms with Crippen LogP contribution >= 0.6 is 27.5 Å². The van der Waals surface area contributed by atoms with E-state index < -0.39 is 0 Å². The van der Waals surface area contributed by atoms with Crippen molar-refractivity contribution in [3.05, 3.63) is 26.9 Å². The van der Waals surface area contributed by atoms with Crippen LogP contribution in [0.25, 0.3) is 0 Å². The van der Waals surface area contributed by atoms with Crippen LogP contribution < -0.4 is 0 Å². The van der Waals surface area contributed by atoms with E-state index in [0.29, 0.717) is 15.2 Å². The van der Waals surface area contributed by atoms with E-state index in [1.807, 2.05) is 13.8 Å². The van der Waals surface area contributed by atoms with Gasteiger partial charge in [0, 0.05) is 0 Å². The lowest BCUT2D eigenvalue weighted by Crippen LogP contribution is -1.97. The highest BCUT2D eigenvalue weighted by Gasteiger charge is 2.11. The van der Waals surface area contributed by atoms with E-state index >= 15 is 0 Å². The third-order valence-corrected chi connectivity index (χ3v) is 2.75. The highest BCUT2D eigenvalue weighted by molar-refractivity contribution is 9.10. The summed E-state index contributed by atoms with van der Waals surface area (Å²) in [5.41, 5.74) is 1.32. The zero-order valence-electron chi connectivity index (χ0n) is 7.31. The van der Waals surface area contributed by atoms with Crippen LogP contribution in [-0.2, 0) is 0 Å². The maximum Gasteiger partial charge on any atom is 0.143 e. The highest BCUT2D eigenvalue weighted by atomic mass is 79.9. The van der Waals surface area contributed by atoms with Gasteiger partial charge in [-0.15, -0.1) is 0 Å². The second-order valence-corrected chi connectivity index (χ2v) is 4.17. The van der Waals surface area contributed by atoms with Gasteiger partial charge in [0.2, 0.25) is 0 Å². The molecule has 0 aliphatic rings. The van der Waals surface area contributed by atoms with Gasteiger partial charge in [-0.1, -0.05) is 25.4 Å². The first kappa shape index (κ1) is 10.5. The standard InChI is InChI=1S/C9H8BrClN2/c1-5(2)8-6(4-12)3-7(10)9(11)13-8/h3,5H,1-2H3. The van der Waals surface area contributed by atoms with E-state index in [1.165, 1.54) is 0 Å². The summed E-state index contributed by atoms with van der Waals surface area (Å²) < 4.78 is 0.662. The third kappa shape index (κ3) is 2.20. The summed E-state index contributed by atoms with van der Waals surface area (Å²) in [6.07, 6.45) is 0. The fraction of sp³-hybridized carbons (Fsp3) is 0.333. The molecule has 2 nitrogen and oxygen atoms in total. The average Bonchev–Trinajstić information content (AvgIpc) is 2.08. The van der Waals surface area contributed by atoms with Gasteiger partial charge in [-0.05, 0) is 27.9 Å². The van der Waals surface area contributed by atoms with E-state index in [1.54, 1.807) is 6.07 Å². The molecular formula is C9H8BrClN2. The molecule has 0 saturated heterocycles. The minimum absolute atomic E-state index is 0.209. The number of aromatic nitrogens is 1. The molecule has 0 aliphatic heterocycles. The summed E-state index contributed by atoms with van der Waals surface area (Å²) >= 11 is 9.04. The minimum atomic E-state index is 0.209. The Morgan fingerprint density at radius 2 is 2.23 bits per heavy atom. The SMILES string of the molecule is CC(C)c1nc(Cl)c(Br)cc1C#N. The van der Waals surface area contributed by atoms with Gasteiger partial charge in [-0.3, -0.25) is 0 Å². The molecule has 0 fully saturated rings. The number of rotatable bonds is 1. The lowest BCUT2D eigenvalue weighted by atomic mass is 10.1. The van der Waals surface area contributed by atoms with Gasteiger partial charge in [-0.25, -0.2) is 4.98 Å². The van der Waals surface area contributed by atoms with Crippen LogP contribution in [0, 0.1) is 11.3 Å². The summed E-state index contributed by atoms with van der Waals surface area (Å²) in [5, 5.41) is 9.23. The molecule has 0 radical (unpaired) electrons. The molecule has 1 rings (SSSR count). The fourth-order valence-electron chi connectivity index (χ4n) is 1.01. The molecule has 1 aromatic rings. The van der Waals surface area contributed by atoms with Crippen LogP contribution in [0.3, 0.4) is 0 Å². The van der Waals surface area contributed by atoms with Crippen molar-refractivity contribution in [3.8, 4) is 6.07 Å². The predicted molar refractivity (Wildman–Crippen MR) is 55.8 cm³/mol. The lowest BCUT2D eigenvalue weighted by molar-refractivity contribution is 0.817. The molecule has 0 aliphatic carbocycles. The molecule has 0 unspecified atom stereocenters. The normalized spacial score (nSPS) is 10.2. The van der Waals surface area contributed by atoms with Gasteiger partial charge in [0.15, 0.2) is 0 Å². The third-order valence-electron chi connectivity index (χ3n) is 1.63. The molecule has 1 heterocycles. The van der Waals surface area contributed by atoms with Crippen LogP contribution in [0.5, 0.6) is 0 Å². The van der Waals surface area contributed by atoms with Crippen LogP contribution in [0.2, 0.25) is 5.15 Å². The monoisotopic (exact) mass is 258 g/mol. The zero-order valence-corrected chi connectivity index (χ0v) is 9.65. The minimum Gasteiger partial charge on any atom is -0.238 e. The summed E-state index contributed by atoms with van der Waals surface area (Å²) in [7, 11) is 0. The molecule has 0 bridgehead atoms. The number of hydrogen-bond donors (Lipinski definition) is 0. The van der Waals surface area contributed by atoms with E-state index in [0.717, 1.165) is 5.69 Å². The number of hydrogen-bond acceptors (Lipinski definition) is 2. The van der Waals surface area contributed by atoms with Gasteiger partial charge in [0.1, 0.15) is 11.2 Å². The van der Waals surface area contributed by atoms with Crippen LogP contribution in [0.4, 0.5) is 0 Å². The van der Waals surface area contributed by atoms with Crippen molar-refractivity contribution >= 4 is 27.5 Å². The van der Waals surface area contributed by atoms with Crippen molar-refractivity contribution < 1.29 is 0 Å². The fourth-order valence-corrected chi connectivity index (χ4v) is 1.47. The summed E-state index contributed by atoms with van der Waals surface area (Å²) in [6, 6.07) is 3.79. The number of halogens is 2. The van der Waals surface area contributed by atoms with E-state index in [9.17, 15) is 0 Å². The van der Waals surface area contributed by atoms with E-state index in [4.69, 9.17) is 16.9 Å². The van der Waals surface area contributed by atoms with Crippen molar-refractivity contribution in [1.29, 1.82) is 5.26 Å². The van der Waals surface area contributed by atoms with E-state index in [-0.39, 0.29) is 5.92 Å². The molecular weight excluding hydrogens is 251 g/mol. The second-order valence-electron chi connectivity index (χ2n) is 2.96. The zero-order chi connectivity index (χ0) is 10.0. The predicted octanol–water partition coefficient (Wildman–Crippen LogP) is 3.49. The number of nitriles is 1. The van der Waals surface area contributed by atoms with Crippen molar-refractivity contribution in [1.82, 2.24) is 4.98 Å². The smallest absolute Gasteiger partial charge is 0.143 e. The Bertz CT molecular complexity index is 369. The Balaban J connectivity index is 3.35. The molecule has 13 heavy (non-hydrogen) atoms. The first-order valence-corrected chi connectivity index (χ1v) is 4.99. The van der Waals surface area contributed by atoms with Gasteiger partial charge >= 0.3 is 0 Å². The van der Waals surface area contributed by atoms with Crippen molar-refractivity contribution in [2.75, 3.05) is 0 Å². The maximum atomic E-state index is 8.83. The Morgan fingerprint density at radius 3 is 2.69 bits per heavy atom. The first-order valence-electron chi connectivity index (χ1n) is 3.82. The summed E-state index contributed by atoms with van der Waals surface area (Å²) in [4.78, 5) is 4.14. The van der Waals surface area contributed by atoms with Crippen molar-refractivity contribution in [2.24, 2.45) is 0 Å². The topological polar surface area (TPSA) is 36.7 Å². The van der Waals surface area contributed by atoms with Crippen LogP contribution in [-0.4, -0.2) is 4.98 Å². The van der Waals surface area contributed by atoms with E-state index in [2.05, 4.69) is 27.0 Å². The van der Waals surface area contributed by atoms with Crippen molar-refractivity contribution in [3.63, 3.8) is 0 Å². The van der Waals surface area contributed by atoms with Crippen molar-refractivity contribution in [2.45, 2.75) is 19.8 Å².